The van der Waals surface area contributed by atoms with E-state index in [0.717, 1.165) is 49.1 Å². The molecule has 0 aromatic heterocycles. The minimum atomic E-state index is 0.0829. The molecule has 2 heterocycles. The van der Waals surface area contributed by atoms with E-state index in [2.05, 4.69) is 0 Å². The van der Waals surface area contributed by atoms with Crippen molar-refractivity contribution in [2.24, 2.45) is 0 Å². The highest BCUT2D eigenvalue weighted by molar-refractivity contribution is 5.94. The summed E-state index contributed by atoms with van der Waals surface area (Å²) in [6, 6.07) is 5.99. The predicted octanol–water partition coefficient (Wildman–Crippen LogP) is 3.45. The highest BCUT2D eigenvalue weighted by atomic mass is 16.5. The van der Waals surface area contributed by atoms with Gasteiger partial charge in [-0.1, -0.05) is 6.07 Å². The number of amides is 1. The topological polar surface area (TPSA) is 48.0 Å². The van der Waals surface area contributed by atoms with Crippen LogP contribution >= 0.6 is 0 Å². The molecule has 1 atom stereocenters. The second kappa shape index (κ2) is 7.16. The maximum absolute atomic E-state index is 13.0. The van der Waals surface area contributed by atoms with Crippen molar-refractivity contribution in [1.29, 1.82) is 0 Å². The Balaban J connectivity index is 1.87. The van der Waals surface area contributed by atoms with Crippen LogP contribution in [0, 0.1) is 0 Å². The van der Waals surface area contributed by atoms with Crippen molar-refractivity contribution in [2.45, 2.75) is 38.6 Å². The number of hydrogen-bond acceptors (Lipinski definition) is 4. The highest BCUT2D eigenvalue weighted by Crippen LogP contribution is 2.38. The summed E-state index contributed by atoms with van der Waals surface area (Å²) in [7, 11) is 3.26. The predicted molar refractivity (Wildman–Crippen MR) is 91.1 cm³/mol. The van der Waals surface area contributed by atoms with E-state index >= 15 is 0 Å². The maximum Gasteiger partial charge on any atom is 0.253 e. The van der Waals surface area contributed by atoms with Gasteiger partial charge in [-0.3, -0.25) is 4.79 Å². The van der Waals surface area contributed by atoms with Crippen molar-refractivity contribution in [3.63, 3.8) is 0 Å². The maximum atomic E-state index is 13.0. The van der Waals surface area contributed by atoms with E-state index in [9.17, 15) is 4.79 Å². The normalized spacial score (nSPS) is 20.8. The fourth-order valence-electron chi connectivity index (χ4n) is 3.58. The van der Waals surface area contributed by atoms with Crippen molar-refractivity contribution in [1.82, 2.24) is 4.90 Å². The van der Waals surface area contributed by atoms with E-state index in [-0.39, 0.29) is 11.9 Å². The molecule has 5 nitrogen and oxygen atoms in total. The minimum absolute atomic E-state index is 0.0829. The number of nitrogens with zero attached hydrogens (tertiary/aromatic N) is 1. The number of ether oxygens (including phenoxy) is 3. The smallest absolute Gasteiger partial charge is 0.253 e. The number of methoxy groups -OCH3 is 2. The average Bonchev–Trinajstić information content (AvgIpc) is 3.10. The molecule has 3 rings (SSSR count). The van der Waals surface area contributed by atoms with Gasteiger partial charge in [0.15, 0.2) is 11.5 Å². The van der Waals surface area contributed by atoms with Crippen molar-refractivity contribution in [3.8, 4) is 11.5 Å². The molecule has 1 amide bonds. The second-order valence-corrected chi connectivity index (χ2v) is 6.26. The van der Waals surface area contributed by atoms with Crippen molar-refractivity contribution >= 4 is 5.91 Å². The first-order chi connectivity index (χ1) is 11.7. The number of carbonyl (C=O) groups is 1. The average molecular weight is 331 g/mol. The number of benzene rings is 1. The van der Waals surface area contributed by atoms with Gasteiger partial charge >= 0.3 is 0 Å². The first-order valence-electron chi connectivity index (χ1n) is 8.51. The van der Waals surface area contributed by atoms with Crippen LogP contribution in [-0.2, 0) is 9.53 Å². The van der Waals surface area contributed by atoms with Crippen molar-refractivity contribution in [3.05, 3.63) is 35.1 Å². The lowest BCUT2D eigenvalue weighted by Gasteiger charge is -2.28. The third-order valence-corrected chi connectivity index (χ3v) is 4.88. The molecule has 0 saturated carbocycles. The molecule has 1 aromatic rings. The summed E-state index contributed by atoms with van der Waals surface area (Å²) in [4.78, 5) is 15.0. The molecule has 0 radical (unpaired) electrons. The molecule has 1 aromatic carbocycles. The number of allylic oxidation sites excluding steroid dienone is 1. The molecule has 0 bridgehead atoms. The van der Waals surface area contributed by atoms with Gasteiger partial charge in [0, 0.05) is 6.54 Å². The Hall–Kier alpha value is -2.17. The largest absolute Gasteiger partial charge is 0.498 e. The quantitative estimate of drug-likeness (QED) is 0.848. The minimum Gasteiger partial charge on any atom is -0.498 e. The Kier molecular flexibility index (Phi) is 4.97. The molecule has 0 spiro atoms. The van der Waals surface area contributed by atoms with Gasteiger partial charge in [-0.25, -0.2) is 0 Å². The van der Waals surface area contributed by atoms with Gasteiger partial charge in [-0.05, 0) is 50.3 Å². The summed E-state index contributed by atoms with van der Waals surface area (Å²) >= 11 is 0. The Morgan fingerprint density at radius 1 is 1.21 bits per heavy atom. The van der Waals surface area contributed by atoms with E-state index in [1.165, 1.54) is 0 Å². The SMILES string of the molecule is COc1ccc([C@@H]2CCCN2C(=O)C2=C(C)OCCC2)cc1OC. The van der Waals surface area contributed by atoms with E-state index in [1.54, 1.807) is 14.2 Å². The van der Waals surface area contributed by atoms with Gasteiger partial charge in [0.25, 0.3) is 5.91 Å². The zero-order chi connectivity index (χ0) is 17.1. The third kappa shape index (κ3) is 3.07. The number of hydrogen-bond donors (Lipinski definition) is 0. The lowest BCUT2D eigenvalue weighted by atomic mass is 10.0. The third-order valence-electron chi connectivity index (χ3n) is 4.88. The van der Waals surface area contributed by atoms with E-state index in [1.807, 2.05) is 30.0 Å². The molecule has 1 saturated heterocycles. The Morgan fingerprint density at radius 2 is 2.00 bits per heavy atom. The van der Waals surface area contributed by atoms with E-state index in [0.29, 0.717) is 18.1 Å². The fraction of sp³-hybridized carbons (Fsp3) is 0.526. The van der Waals surface area contributed by atoms with E-state index in [4.69, 9.17) is 14.2 Å². The van der Waals surface area contributed by atoms with Crippen molar-refractivity contribution < 1.29 is 19.0 Å². The molecule has 0 N–H and O–H groups in total. The van der Waals surface area contributed by atoms with Gasteiger partial charge < -0.3 is 19.1 Å². The zero-order valence-electron chi connectivity index (χ0n) is 14.6. The first kappa shape index (κ1) is 16.7. The molecule has 1 fully saturated rings. The van der Waals surface area contributed by atoms with Gasteiger partial charge in [0.05, 0.1) is 32.4 Å². The van der Waals surface area contributed by atoms with Gasteiger partial charge in [-0.2, -0.15) is 0 Å². The van der Waals surface area contributed by atoms with E-state index < -0.39 is 0 Å². The van der Waals surface area contributed by atoms with Gasteiger partial charge in [0.1, 0.15) is 5.76 Å². The van der Waals surface area contributed by atoms with Gasteiger partial charge in [0.2, 0.25) is 0 Å². The Labute approximate surface area is 143 Å². The number of likely N-dealkylation sites (tertiary alicyclic amines) is 1. The summed E-state index contributed by atoms with van der Waals surface area (Å²) < 4.78 is 16.3. The molecule has 2 aliphatic rings. The van der Waals surface area contributed by atoms with Crippen LogP contribution in [0.15, 0.2) is 29.5 Å². The van der Waals surface area contributed by atoms with Crippen LogP contribution < -0.4 is 9.47 Å². The van der Waals surface area contributed by atoms with Crippen LogP contribution in [0.5, 0.6) is 11.5 Å². The Morgan fingerprint density at radius 3 is 2.71 bits per heavy atom. The second-order valence-electron chi connectivity index (χ2n) is 6.26. The lowest BCUT2D eigenvalue weighted by molar-refractivity contribution is -0.128. The molecule has 5 heteroatoms. The van der Waals surface area contributed by atoms with Gasteiger partial charge in [-0.15, -0.1) is 0 Å². The van der Waals surface area contributed by atoms with Crippen LogP contribution in [0.1, 0.15) is 44.2 Å². The fourth-order valence-corrected chi connectivity index (χ4v) is 3.58. The number of rotatable bonds is 4. The van der Waals surface area contributed by atoms with Crippen molar-refractivity contribution in [2.75, 3.05) is 27.4 Å². The summed E-state index contributed by atoms with van der Waals surface area (Å²) in [5.74, 6) is 2.30. The summed E-state index contributed by atoms with van der Waals surface area (Å²) in [5.41, 5.74) is 1.92. The first-order valence-corrected chi connectivity index (χ1v) is 8.51. The zero-order valence-corrected chi connectivity index (χ0v) is 14.6. The lowest BCUT2D eigenvalue weighted by Crippen LogP contribution is -2.33. The summed E-state index contributed by atoms with van der Waals surface area (Å²) in [6.45, 7) is 3.39. The monoisotopic (exact) mass is 331 g/mol. The molecule has 130 valence electrons. The van der Waals surface area contributed by atoms with Crippen LogP contribution in [0.2, 0.25) is 0 Å². The molecular weight excluding hydrogens is 306 g/mol. The molecule has 0 unspecified atom stereocenters. The number of carbonyl (C=O) groups excluding carboxylic acids is 1. The summed E-state index contributed by atoms with van der Waals surface area (Å²) in [6.07, 6.45) is 3.69. The molecule has 2 aliphatic heterocycles. The van der Waals surface area contributed by atoms with Crippen LogP contribution in [0.3, 0.4) is 0 Å². The molecule has 24 heavy (non-hydrogen) atoms. The van der Waals surface area contributed by atoms with Crippen LogP contribution in [0.4, 0.5) is 0 Å². The standard InChI is InChI=1S/C19H25NO4/c1-13-15(6-5-11-24-13)19(21)20-10-4-7-16(20)14-8-9-17(22-2)18(12-14)23-3/h8-9,12,16H,4-7,10-11H2,1-3H3/t16-/m0/s1. The summed E-state index contributed by atoms with van der Waals surface area (Å²) in [5, 5.41) is 0. The van der Waals surface area contributed by atoms with Crippen LogP contribution in [-0.4, -0.2) is 38.2 Å². The van der Waals surface area contributed by atoms with Crippen LogP contribution in [0.25, 0.3) is 0 Å². The highest BCUT2D eigenvalue weighted by Gasteiger charge is 2.33. The Bertz CT molecular complexity index is 653. The molecular formula is C19H25NO4. The molecule has 0 aliphatic carbocycles.